The molecule has 2 rings (SSSR count). The van der Waals surface area contributed by atoms with Gasteiger partial charge in [0, 0.05) is 24.1 Å². The van der Waals surface area contributed by atoms with Crippen molar-refractivity contribution in [1.82, 2.24) is 4.57 Å². The summed E-state index contributed by atoms with van der Waals surface area (Å²) in [5.74, 6) is -0.398. The summed E-state index contributed by atoms with van der Waals surface area (Å²) in [6.07, 6.45) is 3.15. The third-order valence-electron chi connectivity index (χ3n) is 2.78. The number of anilines is 1. The summed E-state index contributed by atoms with van der Waals surface area (Å²) in [6, 6.07) is 8.84. The fraction of sp³-hybridized carbons (Fsp3) is 0.286. The summed E-state index contributed by atoms with van der Waals surface area (Å²) < 4.78 is 15.5. The van der Waals surface area contributed by atoms with Gasteiger partial charge in [0.05, 0.1) is 11.6 Å². The largest absolute Gasteiger partial charge is 0.379 e. The molecule has 0 saturated heterocycles. The van der Waals surface area contributed by atoms with Gasteiger partial charge in [0.25, 0.3) is 0 Å². The fourth-order valence-corrected chi connectivity index (χ4v) is 1.99. The molecule has 0 aliphatic heterocycles. The van der Waals surface area contributed by atoms with Gasteiger partial charge in [-0.3, -0.25) is 0 Å². The number of halogens is 2. The highest BCUT2D eigenvalue weighted by molar-refractivity contribution is 6.30. The Morgan fingerprint density at radius 1 is 1.33 bits per heavy atom. The minimum absolute atomic E-state index is 0.148. The molecular weight excluding hydrogens is 251 g/mol. The maximum Gasteiger partial charge on any atom is 0.143 e. The van der Waals surface area contributed by atoms with Gasteiger partial charge in [-0.2, -0.15) is 0 Å². The minimum Gasteiger partial charge on any atom is -0.379 e. The van der Waals surface area contributed by atoms with E-state index >= 15 is 0 Å². The van der Waals surface area contributed by atoms with E-state index in [0.717, 1.165) is 18.7 Å². The van der Waals surface area contributed by atoms with Crippen molar-refractivity contribution < 1.29 is 4.39 Å². The van der Waals surface area contributed by atoms with E-state index in [4.69, 9.17) is 11.6 Å². The number of hydrogen-bond donors (Lipinski definition) is 1. The molecular formula is C14H16ClFN2. The standard InChI is InChI=1S/C14H16ClFN2/c1-2-7-18-8-3-4-12(18)10-17-11-5-6-13(15)14(16)9-11/h3-6,8-9,17H,2,7,10H2,1H3. The molecule has 1 aromatic carbocycles. The molecule has 0 spiro atoms. The van der Waals surface area contributed by atoms with Crippen molar-refractivity contribution in [2.45, 2.75) is 26.4 Å². The molecule has 0 unspecified atom stereocenters. The predicted octanol–water partition coefficient (Wildman–Crippen LogP) is 4.30. The van der Waals surface area contributed by atoms with E-state index in [2.05, 4.69) is 29.1 Å². The van der Waals surface area contributed by atoms with E-state index in [0.29, 0.717) is 6.54 Å². The number of nitrogens with one attached hydrogen (secondary N) is 1. The molecule has 0 amide bonds. The van der Waals surface area contributed by atoms with Gasteiger partial charge in [-0.05, 0) is 36.8 Å². The highest BCUT2D eigenvalue weighted by Crippen LogP contribution is 2.19. The second-order valence-electron chi connectivity index (χ2n) is 4.18. The lowest BCUT2D eigenvalue weighted by molar-refractivity contribution is 0.628. The van der Waals surface area contributed by atoms with Gasteiger partial charge in [-0.25, -0.2) is 4.39 Å². The molecule has 0 radical (unpaired) electrons. The maximum absolute atomic E-state index is 13.3. The van der Waals surface area contributed by atoms with E-state index in [-0.39, 0.29) is 5.02 Å². The zero-order chi connectivity index (χ0) is 13.0. The Hall–Kier alpha value is -1.48. The third kappa shape index (κ3) is 3.05. The van der Waals surface area contributed by atoms with Crippen LogP contribution in [0.1, 0.15) is 19.0 Å². The number of rotatable bonds is 5. The molecule has 2 nitrogen and oxygen atoms in total. The molecule has 0 saturated carbocycles. The molecule has 18 heavy (non-hydrogen) atoms. The van der Waals surface area contributed by atoms with Crippen LogP contribution in [0.3, 0.4) is 0 Å². The van der Waals surface area contributed by atoms with Crippen molar-refractivity contribution in [2.75, 3.05) is 5.32 Å². The molecule has 0 atom stereocenters. The zero-order valence-corrected chi connectivity index (χ0v) is 11.0. The molecule has 4 heteroatoms. The monoisotopic (exact) mass is 266 g/mol. The first-order valence-electron chi connectivity index (χ1n) is 6.03. The van der Waals surface area contributed by atoms with Gasteiger partial charge >= 0.3 is 0 Å². The van der Waals surface area contributed by atoms with Crippen LogP contribution >= 0.6 is 11.6 Å². The van der Waals surface area contributed by atoms with E-state index in [9.17, 15) is 4.39 Å². The zero-order valence-electron chi connectivity index (χ0n) is 10.3. The first kappa shape index (κ1) is 13.0. The Labute approximate surface area is 111 Å². The van der Waals surface area contributed by atoms with E-state index in [1.54, 1.807) is 12.1 Å². The van der Waals surface area contributed by atoms with Crippen LogP contribution in [0, 0.1) is 5.82 Å². The second kappa shape index (κ2) is 5.91. The summed E-state index contributed by atoms with van der Waals surface area (Å²) in [5, 5.41) is 3.34. The average Bonchev–Trinajstić information content (AvgIpc) is 2.79. The van der Waals surface area contributed by atoms with Gasteiger partial charge in [-0.1, -0.05) is 18.5 Å². The van der Waals surface area contributed by atoms with Gasteiger partial charge in [0.2, 0.25) is 0 Å². The first-order chi connectivity index (χ1) is 8.70. The van der Waals surface area contributed by atoms with Crippen LogP contribution in [0.15, 0.2) is 36.5 Å². The maximum atomic E-state index is 13.3. The average molecular weight is 267 g/mol. The van der Waals surface area contributed by atoms with Crippen molar-refractivity contribution in [1.29, 1.82) is 0 Å². The SMILES string of the molecule is CCCn1cccc1CNc1ccc(Cl)c(F)c1. The number of nitrogens with zero attached hydrogens (tertiary/aromatic N) is 1. The van der Waals surface area contributed by atoms with E-state index in [1.807, 2.05) is 6.07 Å². The molecule has 1 heterocycles. The van der Waals surface area contributed by atoms with Crippen LogP contribution in [0.2, 0.25) is 5.02 Å². The van der Waals surface area contributed by atoms with Crippen molar-refractivity contribution >= 4 is 17.3 Å². The summed E-state index contributed by atoms with van der Waals surface area (Å²) in [6.45, 7) is 3.82. The Bertz CT molecular complexity index is 522. The lowest BCUT2D eigenvalue weighted by Gasteiger charge is -2.10. The molecule has 1 aromatic heterocycles. The lowest BCUT2D eigenvalue weighted by Crippen LogP contribution is -2.07. The molecule has 0 fully saturated rings. The minimum atomic E-state index is -0.398. The normalized spacial score (nSPS) is 10.6. The molecule has 0 bridgehead atoms. The smallest absolute Gasteiger partial charge is 0.143 e. The quantitative estimate of drug-likeness (QED) is 0.854. The molecule has 0 aliphatic carbocycles. The van der Waals surface area contributed by atoms with Gasteiger partial charge < -0.3 is 9.88 Å². The van der Waals surface area contributed by atoms with E-state index in [1.165, 1.54) is 11.8 Å². The van der Waals surface area contributed by atoms with Crippen molar-refractivity contribution in [3.63, 3.8) is 0 Å². The number of hydrogen-bond acceptors (Lipinski definition) is 1. The summed E-state index contributed by atoms with van der Waals surface area (Å²) in [5.41, 5.74) is 1.92. The van der Waals surface area contributed by atoms with Crippen molar-refractivity contribution in [3.05, 3.63) is 53.1 Å². The summed E-state index contributed by atoms with van der Waals surface area (Å²) in [7, 11) is 0. The van der Waals surface area contributed by atoms with Crippen molar-refractivity contribution in [3.8, 4) is 0 Å². The van der Waals surface area contributed by atoms with Crippen molar-refractivity contribution in [2.24, 2.45) is 0 Å². The molecule has 2 aromatic rings. The van der Waals surface area contributed by atoms with E-state index < -0.39 is 5.82 Å². The molecule has 0 aliphatic rings. The molecule has 1 N–H and O–H groups in total. The van der Waals surface area contributed by atoms with Gasteiger partial charge in [0.1, 0.15) is 5.82 Å². The molecule has 96 valence electrons. The van der Waals surface area contributed by atoms with Crippen LogP contribution in [-0.4, -0.2) is 4.57 Å². The first-order valence-corrected chi connectivity index (χ1v) is 6.41. The highest BCUT2D eigenvalue weighted by Gasteiger charge is 2.03. The fourth-order valence-electron chi connectivity index (χ4n) is 1.87. The van der Waals surface area contributed by atoms with Crippen LogP contribution in [0.25, 0.3) is 0 Å². The predicted molar refractivity (Wildman–Crippen MR) is 73.5 cm³/mol. The summed E-state index contributed by atoms with van der Waals surface area (Å²) in [4.78, 5) is 0. The topological polar surface area (TPSA) is 17.0 Å². The van der Waals surface area contributed by atoms with Crippen LogP contribution < -0.4 is 5.32 Å². The summed E-state index contributed by atoms with van der Waals surface area (Å²) >= 11 is 5.64. The van der Waals surface area contributed by atoms with Gasteiger partial charge in [-0.15, -0.1) is 0 Å². The Balaban J connectivity index is 2.02. The Morgan fingerprint density at radius 2 is 2.17 bits per heavy atom. The highest BCUT2D eigenvalue weighted by atomic mass is 35.5. The number of aryl methyl sites for hydroxylation is 1. The van der Waals surface area contributed by atoms with Crippen LogP contribution in [-0.2, 0) is 13.1 Å². The Morgan fingerprint density at radius 3 is 2.89 bits per heavy atom. The van der Waals surface area contributed by atoms with Gasteiger partial charge in [0.15, 0.2) is 0 Å². The Kier molecular flexibility index (Phi) is 4.26. The van der Waals surface area contributed by atoms with Crippen LogP contribution in [0.5, 0.6) is 0 Å². The third-order valence-corrected chi connectivity index (χ3v) is 3.09. The lowest BCUT2D eigenvalue weighted by atomic mass is 10.3. The second-order valence-corrected chi connectivity index (χ2v) is 4.58. The number of aromatic nitrogens is 1. The number of benzene rings is 1. The van der Waals surface area contributed by atoms with Crippen LogP contribution in [0.4, 0.5) is 10.1 Å².